The molecule has 72 valence electrons. The first kappa shape index (κ1) is 8.50. The largest absolute Gasteiger partial charge is 0.343 e. The Morgan fingerprint density at radius 3 is 3.15 bits per heavy atom. The maximum Gasteiger partial charge on any atom is 0.343 e. The molecule has 2 N–H and O–H groups in total. The van der Waals surface area contributed by atoms with E-state index in [0.717, 1.165) is 13.0 Å². The molecule has 0 aromatic carbocycles. The zero-order valence-electron chi connectivity index (χ0n) is 7.49. The van der Waals surface area contributed by atoms with E-state index in [9.17, 15) is 4.79 Å². The van der Waals surface area contributed by atoms with Gasteiger partial charge in [-0.25, -0.2) is 9.48 Å². The van der Waals surface area contributed by atoms with Gasteiger partial charge >= 0.3 is 5.69 Å². The average molecular weight is 182 g/mol. The van der Waals surface area contributed by atoms with E-state index >= 15 is 0 Å². The SMILES string of the molecule is O=c1[nH]cnn1CC1CCCCN1. The Hall–Kier alpha value is -1.10. The molecule has 1 aliphatic rings. The Balaban J connectivity index is 1.97. The molecule has 1 unspecified atom stereocenters. The molecule has 1 aromatic rings. The number of hydrogen-bond acceptors (Lipinski definition) is 3. The van der Waals surface area contributed by atoms with Crippen LogP contribution in [0.25, 0.3) is 0 Å². The van der Waals surface area contributed by atoms with E-state index in [2.05, 4.69) is 15.4 Å². The second-order valence-electron chi connectivity index (χ2n) is 3.42. The van der Waals surface area contributed by atoms with E-state index in [1.54, 1.807) is 0 Å². The number of rotatable bonds is 2. The summed E-state index contributed by atoms with van der Waals surface area (Å²) < 4.78 is 1.48. The highest BCUT2D eigenvalue weighted by Crippen LogP contribution is 2.07. The van der Waals surface area contributed by atoms with Gasteiger partial charge in [0.1, 0.15) is 6.33 Å². The van der Waals surface area contributed by atoms with Crippen LogP contribution in [0.4, 0.5) is 0 Å². The van der Waals surface area contributed by atoms with Crippen LogP contribution in [0.3, 0.4) is 0 Å². The summed E-state index contributed by atoms with van der Waals surface area (Å²) in [5, 5.41) is 7.29. The van der Waals surface area contributed by atoms with Crippen molar-refractivity contribution in [3.8, 4) is 0 Å². The molecule has 0 radical (unpaired) electrons. The quantitative estimate of drug-likeness (QED) is 0.661. The highest BCUT2D eigenvalue weighted by atomic mass is 16.1. The topological polar surface area (TPSA) is 62.7 Å². The van der Waals surface area contributed by atoms with Crippen LogP contribution in [-0.2, 0) is 6.54 Å². The molecule has 2 rings (SSSR count). The first-order valence-corrected chi connectivity index (χ1v) is 4.70. The third kappa shape index (κ3) is 1.98. The third-order valence-corrected chi connectivity index (χ3v) is 2.43. The van der Waals surface area contributed by atoms with Crippen LogP contribution >= 0.6 is 0 Å². The molecule has 1 aromatic heterocycles. The molecule has 2 heterocycles. The van der Waals surface area contributed by atoms with Crippen LogP contribution in [0.5, 0.6) is 0 Å². The lowest BCUT2D eigenvalue weighted by molar-refractivity contribution is 0.347. The van der Waals surface area contributed by atoms with E-state index in [-0.39, 0.29) is 5.69 Å². The predicted molar refractivity (Wildman–Crippen MR) is 48.5 cm³/mol. The fraction of sp³-hybridized carbons (Fsp3) is 0.750. The van der Waals surface area contributed by atoms with Gasteiger partial charge in [0.25, 0.3) is 0 Å². The molecule has 5 nitrogen and oxygen atoms in total. The number of nitrogens with zero attached hydrogens (tertiary/aromatic N) is 2. The van der Waals surface area contributed by atoms with Crippen molar-refractivity contribution in [2.24, 2.45) is 0 Å². The Bertz CT molecular complexity index is 310. The van der Waals surface area contributed by atoms with Crippen molar-refractivity contribution >= 4 is 0 Å². The van der Waals surface area contributed by atoms with Crippen LogP contribution in [-0.4, -0.2) is 27.4 Å². The first-order chi connectivity index (χ1) is 6.36. The molecule has 5 heteroatoms. The van der Waals surface area contributed by atoms with Crippen molar-refractivity contribution in [3.05, 3.63) is 16.8 Å². The van der Waals surface area contributed by atoms with Crippen LogP contribution < -0.4 is 11.0 Å². The zero-order chi connectivity index (χ0) is 9.10. The second kappa shape index (κ2) is 3.74. The summed E-state index contributed by atoms with van der Waals surface area (Å²) in [6.45, 7) is 1.74. The van der Waals surface area contributed by atoms with E-state index in [1.165, 1.54) is 23.9 Å². The number of hydrogen-bond donors (Lipinski definition) is 2. The lowest BCUT2D eigenvalue weighted by Gasteiger charge is -2.22. The molecular formula is C8H14N4O. The molecule has 1 fully saturated rings. The Morgan fingerprint density at radius 1 is 1.62 bits per heavy atom. The normalized spacial score (nSPS) is 23.2. The number of piperidine rings is 1. The fourth-order valence-electron chi connectivity index (χ4n) is 1.70. The van der Waals surface area contributed by atoms with Crippen LogP contribution in [0, 0.1) is 0 Å². The molecule has 0 amide bonds. The minimum atomic E-state index is -0.118. The first-order valence-electron chi connectivity index (χ1n) is 4.70. The minimum Gasteiger partial charge on any atom is -0.312 e. The number of nitrogens with one attached hydrogen (secondary N) is 2. The Kier molecular flexibility index (Phi) is 2.44. The molecule has 0 saturated carbocycles. The van der Waals surface area contributed by atoms with E-state index in [0.29, 0.717) is 12.6 Å². The van der Waals surface area contributed by atoms with E-state index < -0.39 is 0 Å². The molecule has 13 heavy (non-hydrogen) atoms. The van der Waals surface area contributed by atoms with Gasteiger partial charge < -0.3 is 5.32 Å². The smallest absolute Gasteiger partial charge is 0.312 e. The average Bonchev–Trinajstić information content (AvgIpc) is 2.54. The molecule has 0 spiro atoms. The summed E-state index contributed by atoms with van der Waals surface area (Å²) in [5.41, 5.74) is -0.118. The van der Waals surface area contributed by atoms with Gasteiger partial charge in [0.05, 0.1) is 6.54 Å². The minimum absolute atomic E-state index is 0.118. The monoisotopic (exact) mass is 182 g/mol. The fourth-order valence-corrected chi connectivity index (χ4v) is 1.70. The number of aromatic amines is 1. The summed E-state index contributed by atoms with van der Waals surface area (Å²) in [5.74, 6) is 0. The van der Waals surface area contributed by atoms with Crippen molar-refractivity contribution in [1.29, 1.82) is 0 Å². The van der Waals surface area contributed by atoms with Gasteiger partial charge in [-0.05, 0) is 19.4 Å². The molecule has 1 atom stereocenters. The number of aromatic nitrogens is 3. The molecular weight excluding hydrogens is 168 g/mol. The van der Waals surface area contributed by atoms with Gasteiger partial charge in [-0.1, -0.05) is 6.42 Å². The summed E-state index contributed by atoms with van der Waals surface area (Å²) in [6.07, 6.45) is 5.06. The molecule has 0 aliphatic carbocycles. The number of H-pyrrole nitrogens is 1. The van der Waals surface area contributed by atoms with Gasteiger partial charge in [-0.2, -0.15) is 5.10 Å². The third-order valence-electron chi connectivity index (χ3n) is 2.43. The second-order valence-corrected chi connectivity index (χ2v) is 3.42. The van der Waals surface area contributed by atoms with E-state index in [4.69, 9.17) is 0 Å². The lowest BCUT2D eigenvalue weighted by Crippen LogP contribution is -2.39. The summed E-state index contributed by atoms with van der Waals surface area (Å²) in [4.78, 5) is 13.6. The molecule has 1 aliphatic heterocycles. The predicted octanol–water partition coefficient (Wildman–Crippen LogP) is -0.287. The van der Waals surface area contributed by atoms with Crippen molar-refractivity contribution < 1.29 is 0 Å². The summed E-state index contributed by atoms with van der Waals surface area (Å²) >= 11 is 0. The van der Waals surface area contributed by atoms with Crippen LogP contribution in [0.1, 0.15) is 19.3 Å². The highest BCUT2D eigenvalue weighted by molar-refractivity contribution is 4.73. The Morgan fingerprint density at radius 2 is 2.54 bits per heavy atom. The lowest BCUT2D eigenvalue weighted by atomic mass is 10.1. The van der Waals surface area contributed by atoms with Gasteiger partial charge in [0.15, 0.2) is 0 Å². The van der Waals surface area contributed by atoms with Crippen molar-refractivity contribution in [3.63, 3.8) is 0 Å². The van der Waals surface area contributed by atoms with Gasteiger partial charge in [0, 0.05) is 6.04 Å². The zero-order valence-corrected chi connectivity index (χ0v) is 7.49. The van der Waals surface area contributed by atoms with Gasteiger partial charge in [-0.3, -0.25) is 4.98 Å². The Labute approximate surface area is 76.2 Å². The van der Waals surface area contributed by atoms with Gasteiger partial charge in [-0.15, -0.1) is 0 Å². The van der Waals surface area contributed by atoms with E-state index in [1.807, 2.05) is 0 Å². The van der Waals surface area contributed by atoms with Gasteiger partial charge in [0.2, 0.25) is 0 Å². The molecule has 0 bridgehead atoms. The van der Waals surface area contributed by atoms with Crippen molar-refractivity contribution in [2.75, 3.05) is 6.54 Å². The maximum absolute atomic E-state index is 11.1. The van der Waals surface area contributed by atoms with Crippen molar-refractivity contribution in [2.45, 2.75) is 31.8 Å². The van der Waals surface area contributed by atoms with Crippen molar-refractivity contribution in [1.82, 2.24) is 20.1 Å². The maximum atomic E-state index is 11.1. The van der Waals surface area contributed by atoms with Crippen LogP contribution in [0.2, 0.25) is 0 Å². The molecule has 1 saturated heterocycles. The summed E-state index contributed by atoms with van der Waals surface area (Å²) in [6, 6.07) is 0.412. The summed E-state index contributed by atoms with van der Waals surface area (Å²) in [7, 11) is 0. The van der Waals surface area contributed by atoms with Crippen LogP contribution in [0.15, 0.2) is 11.1 Å². The highest BCUT2D eigenvalue weighted by Gasteiger charge is 2.13. The standard InChI is InChI=1S/C8H14N4O/c13-8-10-6-11-12(8)5-7-3-1-2-4-9-7/h6-7,9H,1-5H2,(H,10,11,13).